The normalized spacial score (nSPS) is 9.37. The first-order valence-corrected chi connectivity index (χ1v) is 5.64. The van der Waals surface area contributed by atoms with Crippen molar-refractivity contribution in [3.63, 3.8) is 0 Å². The van der Waals surface area contributed by atoms with E-state index in [0.29, 0.717) is 23.5 Å². The molecule has 6 heteroatoms. The minimum absolute atomic E-state index is 0.0396. The van der Waals surface area contributed by atoms with Gasteiger partial charge in [0.25, 0.3) is 0 Å². The van der Waals surface area contributed by atoms with E-state index in [4.69, 9.17) is 4.74 Å². The molecule has 3 N–H and O–H groups in total. The van der Waals surface area contributed by atoms with Crippen LogP contribution in [0.5, 0.6) is 5.75 Å². The molecular weight excluding hydrogens is 246 g/mol. The number of amides is 2. The van der Waals surface area contributed by atoms with Gasteiger partial charge >= 0.3 is 0 Å². The van der Waals surface area contributed by atoms with Crippen LogP contribution in [0.3, 0.4) is 0 Å². The molecular formula is C13H17N3O3. The number of hydrogen-bond acceptors (Lipinski definition) is 4. The molecule has 6 nitrogen and oxygen atoms in total. The van der Waals surface area contributed by atoms with Gasteiger partial charge in [-0.2, -0.15) is 0 Å². The Labute approximate surface area is 111 Å². The summed E-state index contributed by atoms with van der Waals surface area (Å²) in [6.45, 7) is 5.53. The number of anilines is 1. The maximum Gasteiger partial charge on any atom is 0.230 e. The molecule has 0 aliphatic carbocycles. The Balaban J connectivity index is 2.63. The Kier molecular flexibility index (Phi) is 5.40. The number of methoxy groups -OCH3 is 1. The van der Waals surface area contributed by atoms with Crippen LogP contribution >= 0.6 is 0 Å². The average Bonchev–Trinajstić information content (AvgIpc) is 2.36. The molecule has 0 unspecified atom stereocenters. The van der Waals surface area contributed by atoms with Gasteiger partial charge < -0.3 is 15.5 Å². The molecule has 19 heavy (non-hydrogen) atoms. The highest BCUT2D eigenvalue weighted by molar-refractivity contribution is 5.93. The van der Waals surface area contributed by atoms with Gasteiger partial charge in [-0.25, -0.2) is 0 Å². The van der Waals surface area contributed by atoms with Crippen LogP contribution in [0.15, 0.2) is 30.5 Å². The van der Waals surface area contributed by atoms with Crippen molar-refractivity contribution in [2.24, 2.45) is 0 Å². The van der Waals surface area contributed by atoms with Crippen molar-refractivity contribution >= 4 is 18.0 Å². The molecule has 0 bridgehead atoms. The van der Waals surface area contributed by atoms with E-state index in [1.54, 1.807) is 6.07 Å². The molecule has 102 valence electrons. The molecule has 1 rings (SSSR count). The van der Waals surface area contributed by atoms with E-state index in [9.17, 15) is 9.59 Å². The van der Waals surface area contributed by atoms with E-state index in [1.165, 1.54) is 7.11 Å². The summed E-state index contributed by atoms with van der Waals surface area (Å²) in [4.78, 5) is 21.9. The largest absolute Gasteiger partial charge is 0.495 e. The number of benzene rings is 1. The van der Waals surface area contributed by atoms with Crippen molar-refractivity contribution < 1.29 is 14.3 Å². The fourth-order valence-corrected chi connectivity index (χ4v) is 1.48. The molecule has 0 fully saturated rings. The predicted octanol–water partition coefficient (Wildman–Crippen LogP) is 1.10. The SMILES string of the molecule is C=C(CC(=O)Nc1cc(C)ccc1OC)NNC=O. The number of carbonyl (C=O) groups is 2. The summed E-state index contributed by atoms with van der Waals surface area (Å²) in [5.74, 6) is 0.331. The lowest BCUT2D eigenvalue weighted by molar-refractivity contribution is -0.116. The van der Waals surface area contributed by atoms with Crippen LogP contribution in [-0.2, 0) is 9.59 Å². The van der Waals surface area contributed by atoms with E-state index < -0.39 is 0 Å². The number of ether oxygens (including phenoxy) is 1. The summed E-state index contributed by atoms with van der Waals surface area (Å²) in [6, 6.07) is 5.49. The highest BCUT2D eigenvalue weighted by atomic mass is 16.5. The summed E-state index contributed by atoms with van der Waals surface area (Å²) in [7, 11) is 1.54. The summed E-state index contributed by atoms with van der Waals surface area (Å²) in [6.07, 6.45) is 0.505. The Morgan fingerprint density at radius 2 is 2.21 bits per heavy atom. The summed E-state index contributed by atoms with van der Waals surface area (Å²) < 4.78 is 5.16. The maximum atomic E-state index is 11.8. The first kappa shape index (κ1) is 14.6. The molecule has 1 aromatic carbocycles. The van der Waals surface area contributed by atoms with Crippen LogP contribution in [0.25, 0.3) is 0 Å². The maximum absolute atomic E-state index is 11.8. The second-order valence-corrected chi connectivity index (χ2v) is 3.92. The molecule has 0 aromatic heterocycles. The zero-order chi connectivity index (χ0) is 14.3. The third-order valence-corrected chi connectivity index (χ3v) is 2.31. The first-order chi connectivity index (χ1) is 9.06. The van der Waals surface area contributed by atoms with Crippen LogP contribution in [-0.4, -0.2) is 19.4 Å². The number of nitrogens with one attached hydrogen (secondary N) is 3. The average molecular weight is 263 g/mol. The molecule has 0 saturated carbocycles. The highest BCUT2D eigenvalue weighted by Crippen LogP contribution is 2.25. The van der Waals surface area contributed by atoms with E-state index in [2.05, 4.69) is 22.7 Å². The lowest BCUT2D eigenvalue weighted by Crippen LogP contribution is -2.30. The van der Waals surface area contributed by atoms with Crippen molar-refractivity contribution in [1.82, 2.24) is 10.9 Å². The fourth-order valence-electron chi connectivity index (χ4n) is 1.48. The summed E-state index contributed by atoms with van der Waals surface area (Å²) >= 11 is 0. The molecule has 0 saturated heterocycles. The molecule has 1 aromatic rings. The van der Waals surface area contributed by atoms with Gasteiger partial charge in [0.1, 0.15) is 5.75 Å². The summed E-state index contributed by atoms with van der Waals surface area (Å²) in [5, 5.41) is 2.73. The molecule has 0 radical (unpaired) electrons. The van der Waals surface area contributed by atoms with Crippen molar-refractivity contribution in [2.45, 2.75) is 13.3 Å². The minimum atomic E-state index is -0.255. The van der Waals surface area contributed by atoms with Gasteiger partial charge in [-0.1, -0.05) is 12.6 Å². The van der Waals surface area contributed by atoms with Crippen molar-refractivity contribution in [2.75, 3.05) is 12.4 Å². The van der Waals surface area contributed by atoms with Gasteiger partial charge in [-0.15, -0.1) is 0 Å². The topological polar surface area (TPSA) is 79.5 Å². The Morgan fingerprint density at radius 3 is 2.84 bits per heavy atom. The van der Waals surface area contributed by atoms with E-state index in [-0.39, 0.29) is 12.3 Å². The third kappa shape index (κ3) is 4.71. The second kappa shape index (κ2) is 7.05. The fraction of sp³-hybridized carbons (Fsp3) is 0.231. The van der Waals surface area contributed by atoms with Crippen LogP contribution < -0.4 is 20.9 Å². The van der Waals surface area contributed by atoms with Crippen molar-refractivity contribution in [3.8, 4) is 5.75 Å². The summed E-state index contributed by atoms with van der Waals surface area (Å²) in [5.41, 5.74) is 6.69. The number of rotatable bonds is 7. The van der Waals surface area contributed by atoms with Gasteiger partial charge in [0, 0.05) is 5.70 Å². The molecule has 0 atom stereocenters. The van der Waals surface area contributed by atoms with Crippen LogP contribution in [0, 0.1) is 6.92 Å². The van der Waals surface area contributed by atoms with Crippen LogP contribution in [0.4, 0.5) is 5.69 Å². The van der Waals surface area contributed by atoms with Gasteiger partial charge in [0.2, 0.25) is 12.3 Å². The number of hydrazine groups is 1. The quantitative estimate of drug-likeness (QED) is 0.508. The Morgan fingerprint density at radius 1 is 1.47 bits per heavy atom. The monoisotopic (exact) mass is 263 g/mol. The number of hydrogen-bond donors (Lipinski definition) is 3. The number of aryl methyl sites for hydroxylation is 1. The molecule has 2 amide bonds. The van der Waals surface area contributed by atoms with Crippen molar-refractivity contribution in [3.05, 3.63) is 36.0 Å². The zero-order valence-electron chi connectivity index (χ0n) is 10.9. The number of carbonyl (C=O) groups excluding carboxylic acids is 2. The van der Waals surface area contributed by atoms with Gasteiger partial charge in [-0.3, -0.25) is 15.0 Å². The van der Waals surface area contributed by atoms with Crippen LogP contribution in [0.1, 0.15) is 12.0 Å². The lowest BCUT2D eigenvalue weighted by Gasteiger charge is -2.12. The lowest BCUT2D eigenvalue weighted by atomic mass is 10.2. The Bertz CT molecular complexity index is 486. The first-order valence-electron chi connectivity index (χ1n) is 5.64. The molecule has 0 spiro atoms. The highest BCUT2D eigenvalue weighted by Gasteiger charge is 2.09. The standard InChI is InChI=1S/C13H17N3O3/c1-9-4-5-12(19-3)11(6-9)15-13(18)7-10(2)16-14-8-17/h4-6,8,16H,2,7H2,1,3H3,(H,14,17)(H,15,18). The van der Waals surface area contributed by atoms with Gasteiger partial charge in [-0.05, 0) is 24.6 Å². The molecule has 0 aliphatic heterocycles. The van der Waals surface area contributed by atoms with Gasteiger partial charge in [0.15, 0.2) is 0 Å². The zero-order valence-corrected chi connectivity index (χ0v) is 10.9. The minimum Gasteiger partial charge on any atom is -0.495 e. The molecule has 0 heterocycles. The van der Waals surface area contributed by atoms with Gasteiger partial charge in [0.05, 0.1) is 19.2 Å². The van der Waals surface area contributed by atoms with E-state index in [0.717, 1.165) is 5.56 Å². The van der Waals surface area contributed by atoms with E-state index in [1.807, 2.05) is 19.1 Å². The van der Waals surface area contributed by atoms with Crippen molar-refractivity contribution in [1.29, 1.82) is 0 Å². The third-order valence-electron chi connectivity index (χ3n) is 2.31. The van der Waals surface area contributed by atoms with E-state index >= 15 is 0 Å². The molecule has 0 aliphatic rings. The smallest absolute Gasteiger partial charge is 0.230 e. The predicted molar refractivity (Wildman–Crippen MR) is 72.5 cm³/mol. The second-order valence-electron chi connectivity index (χ2n) is 3.92. The Hall–Kier alpha value is -2.50. The van der Waals surface area contributed by atoms with Crippen LogP contribution in [0.2, 0.25) is 0 Å².